The summed E-state index contributed by atoms with van der Waals surface area (Å²) >= 11 is 0. The average molecular weight is 393 g/mol. The minimum atomic E-state index is -0.259. The van der Waals surface area contributed by atoms with Crippen LogP contribution in [0, 0.1) is 6.92 Å². The van der Waals surface area contributed by atoms with Crippen LogP contribution >= 0.6 is 0 Å². The molecule has 7 nitrogen and oxygen atoms in total. The van der Waals surface area contributed by atoms with Gasteiger partial charge in [0.2, 0.25) is 5.91 Å². The van der Waals surface area contributed by atoms with Crippen LogP contribution in [0.5, 0.6) is 5.75 Å². The van der Waals surface area contributed by atoms with Crippen molar-refractivity contribution in [2.75, 3.05) is 24.3 Å². The van der Waals surface area contributed by atoms with Gasteiger partial charge in [0, 0.05) is 5.69 Å². The van der Waals surface area contributed by atoms with Crippen LogP contribution in [0.25, 0.3) is 0 Å². The minimum absolute atomic E-state index is 0.000423. The highest BCUT2D eigenvalue weighted by molar-refractivity contribution is 6.01. The average Bonchev–Trinajstić information content (AvgIpc) is 3.24. The molecule has 1 heterocycles. The van der Waals surface area contributed by atoms with Gasteiger partial charge in [-0.25, -0.2) is 0 Å². The number of hydrogen-bond donors (Lipinski definition) is 3. The number of methoxy groups -OCH3 is 1. The third-order valence-electron chi connectivity index (χ3n) is 4.24. The molecule has 0 spiro atoms. The Morgan fingerprint density at radius 2 is 1.86 bits per heavy atom. The maximum atomic E-state index is 12.5. The fraction of sp³-hybridized carbons (Fsp3) is 0.182. The summed E-state index contributed by atoms with van der Waals surface area (Å²) in [5, 5.41) is 8.65. The van der Waals surface area contributed by atoms with Gasteiger partial charge in [0.05, 0.1) is 37.7 Å². The minimum Gasteiger partial charge on any atom is -0.495 e. The molecular formula is C22H23N3O4. The molecule has 2 aromatic carbocycles. The molecule has 0 aliphatic carbocycles. The third kappa shape index (κ3) is 5.38. The smallest absolute Gasteiger partial charge is 0.253 e. The molecule has 3 aromatic rings. The highest BCUT2D eigenvalue weighted by Crippen LogP contribution is 2.25. The zero-order valence-corrected chi connectivity index (χ0v) is 16.3. The van der Waals surface area contributed by atoms with Gasteiger partial charge >= 0.3 is 0 Å². The third-order valence-corrected chi connectivity index (χ3v) is 4.24. The molecule has 3 N–H and O–H groups in total. The number of aryl methyl sites for hydroxylation is 1. The number of carbonyl (C=O) groups is 2. The Bertz CT molecular complexity index is 983. The summed E-state index contributed by atoms with van der Waals surface area (Å²) in [6.45, 7) is 2.22. The van der Waals surface area contributed by atoms with Crippen LogP contribution in [-0.2, 0) is 11.3 Å². The number of carbonyl (C=O) groups excluding carboxylic acids is 2. The summed E-state index contributed by atoms with van der Waals surface area (Å²) in [4.78, 5) is 24.9. The zero-order chi connectivity index (χ0) is 20.6. The molecule has 3 rings (SSSR count). The van der Waals surface area contributed by atoms with Crippen molar-refractivity contribution in [3.63, 3.8) is 0 Å². The van der Waals surface area contributed by atoms with Crippen LogP contribution in [0.3, 0.4) is 0 Å². The van der Waals surface area contributed by atoms with Gasteiger partial charge in [0.1, 0.15) is 11.5 Å². The summed E-state index contributed by atoms with van der Waals surface area (Å²) in [5.74, 6) is 0.738. The highest BCUT2D eigenvalue weighted by atomic mass is 16.5. The SMILES string of the molecule is COc1ccc(C)cc1NC(=O)CNc1ccccc1C(=O)NCc1ccco1. The van der Waals surface area contributed by atoms with Crippen LogP contribution in [0.2, 0.25) is 0 Å². The van der Waals surface area contributed by atoms with E-state index in [0.717, 1.165) is 5.56 Å². The number of amides is 2. The summed E-state index contributed by atoms with van der Waals surface area (Å²) in [7, 11) is 1.55. The Morgan fingerprint density at radius 3 is 2.62 bits per heavy atom. The normalized spacial score (nSPS) is 10.3. The van der Waals surface area contributed by atoms with Gasteiger partial charge in [0.25, 0.3) is 5.91 Å². The fourth-order valence-electron chi connectivity index (χ4n) is 2.80. The van der Waals surface area contributed by atoms with Crippen LogP contribution in [0.15, 0.2) is 65.3 Å². The summed E-state index contributed by atoms with van der Waals surface area (Å²) in [6.07, 6.45) is 1.55. The van der Waals surface area contributed by atoms with E-state index in [1.54, 1.807) is 55.8 Å². The first-order chi connectivity index (χ1) is 14.1. The van der Waals surface area contributed by atoms with Gasteiger partial charge in [-0.15, -0.1) is 0 Å². The first kappa shape index (κ1) is 20.0. The molecule has 0 saturated carbocycles. The van der Waals surface area contributed by atoms with Crippen LogP contribution in [0.1, 0.15) is 21.7 Å². The van der Waals surface area contributed by atoms with Crippen molar-refractivity contribution in [2.45, 2.75) is 13.5 Å². The van der Waals surface area contributed by atoms with Crippen molar-refractivity contribution in [1.29, 1.82) is 0 Å². The molecule has 0 saturated heterocycles. The van der Waals surface area contributed by atoms with E-state index in [-0.39, 0.29) is 24.9 Å². The molecule has 29 heavy (non-hydrogen) atoms. The lowest BCUT2D eigenvalue weighted by molar-refractivity contribution is -0.114. The molecule has 0 atom stereocenters. The number of furan rings is 1. The Morgan fingerprint density at radius 1 is 1.03 bits per heavy atom. The van der Waals surface area contributed by atoms with Crippen molar-refractivity contribution in [3.8, 4) is 5.75 Å². The maximum absolute atomic E-state index is 12.5. The zero-order valence-electron chi connectivity index (χ0n) is 16.3. The van der Waals surface area contributed by atoms with Gasteiger partial charge in [-0.3, -0.25) is 9.59 Å². The standard InChI is InChI=1S/C22H23N3O4/c1-15-9-10-20(28-2)19(12-15)25-21(26)14-23-18-8-4-3-7-17(18)22(27)24-13-16-6-5-11-29-16/h3-12,23H,13-14H2,1-2H3,(H,24,27)(H,25,26). The van der Waals surface area contributed by atoms with E-state index >= 15 is 0 Å². The van der Waals surface area contributed by atoms with Crippen molar-refractivity contribution in [3.05, 3.63) is 77.7 Å². The first-order valence-corrected chi connectivity index (χ1v) is 9.15. The van der Waals surface area contributed by atoms with Crippen molar-refractivity contribution in [2.24, 2.45) is 0 Å². The van der Waals surface area contributed by atoms with Gasteiger partial charge in [-0.1, -0.05) is 18.2 Å². The molecule has 0 aliphatic heterocycles. The molecule has 0 fully saturated rings. The Hall–Kier alpha value is -3.74. The molecule has 0 bridgehead atoms. The lowest BCUT2D eigenvalue weighted by Crippen LogP contribution is -2.26. The van der Waals surface area contributed by atoms with Crippen LogP contribution < -0.4 is 20.7 Å². The number of benzene rings is 2. The van der Waals surface area contributed by atoms with Crippen molar-refractivity contribution < 1.29 is 18.7 Å². The van der Waals surface area contributed by atoms with Crippen molar-refractivity contribution >= 4 is 23.2 Å². The van der Waals surface area contributed by atoms with Gasteiger partial charge in [-0.05, 0) is 48.9 Å². The number of rotatable bonds is 8. The first-order valence-electron chi connectivity index (χ1n) is 9.15. The van der Waals surface area contributed by atoms with E-state index < -0.39 is 0 Å². The highest BCUT2D eigenvalue weighted by Gasteiger charge is 2.13. The number of para-hydroxylation sites is 1. The second-order valence-electron chi connectivity index (χ2n) is 6.41. The Kier molecular flexibility index (Phi) is 6.52. The van der Waals surface area contributed by atoms with E-state index in [1.807, 2.05) is 19.1 Å². The maximum Gasteiger partial charge on any atom is 0.253 e. The van der Waals surface area contributed by atoms with E-state index in [0.29, 0.717) is 28.4 Å². The van der Waals surface area contributed by atoms with E-state index in [9.17, 15) is 9.59 Å². The van der Waals surface area contributed by atoms with Gasteiger partial charge in [-0.2, -0.15) is 0 Å². The van der Waals surface area contributed by atoms with Gasteiger partial charge in [0.15, 0.2) is 0 Å². The van der Waals surface area contributed by atoms with E-state index in [4.69, 9.17) is 9.15 Å². The summed E-state index contributed by atoms with van der Waals surface area (Å²) in [5.41, 5.74) is 2.62. The second-order valence-corrected chi connectivity index (χ2v) is 6.41. The lowest BCUT2D eigenvalue weighted by Gasteiger charge is -2.14. The number of nitrogens with one attached hydrogen (secondary N) is 3. The fourth-order valence-corrected chi connectivity index (χ4v) is 2.80. The molecule has 2 amide bonds. The topological polar surface area (TPSA) is 92.6 Å². The second kappa shape index (κ2) is 9.45. The van der Waals surface area contributed by atoms with E-state index in [1.165, 1.54) is 0 Å². The molecule has 0 unspecified atom stereocenters. The number of anilines is 2. The van der Waals surface area contributed by atoms with Crippen LogP contribution in [-0.4, -0.2) is 25.5 Å². The quantitative estimate of drug-likeness (QED) is 0.544. The molecular weight excluding hydrogens is 370 g/mol. The number of ether oxygens (including phenoxy) is 1. The monoisotopic (exact) mass is 393 g/mol. The lowest BCUT2D eigenvalue weighted by atomic mass is 10.1. The predicted octanol–water partition coefficient (Wildman–Crippen LogP) is 3.58. The predicted molar refractivity (Wildman–Crippen MR) is 111 cm³/mol. The largest absolute Gasteiger partial charge is 0.495 e. The molecule has 1 aromatic heterocycles. The molecule has 0 radical (unpaired) electrons. The summed E-state index contributed by atoms with van der Waals surface area (Å²) in [6, 6.07) is 16.1. The Balaban J connectivity index is 1.61. The molecule has 7 heteroatoms. The van der Waals surface area contributed by atoms with Crippen molar-refractivity contribution in [1.82, 2.24) is 5.32 Å². The molecule has 150 valence electrons. The summed E-state index contributed by atoms with van der Waals surface area (Å²) < 4.78 is 10.5. The van der Waals surface area contributed by atoms with Crippen LogP contribution in [0.4, 0.5) is 11.4 Å². The molecule has 0 aliphatic rings. The number of hydrogen-bond acceptors (Lipinski definition) is 5. The Labute approximate surface area is 169 Å². The van der Waals surface area contributed by atoms with E-state index in [2.05, 4.69) is 16.0 Å². The van der Waals surface area contributed by atoms with Gasteiger partial charge < -0.3 is 25.1 Å².